The van der Waals surface area contributed by atoms with Gasteiger partial charge in [0, 0.05) is 11.8 Å². The first-order chi connectivity index (χ1) is 9.91. The average molecular weight is 311 g/mol. The lowest BCUT2D eigenvalue weighted by atomic mass is 10.3. The van der Waals surface area contributed by atoms with Gasteiger partial charge in [0.1, 0.15) is 11.6 Å². The minimum atomic E-state index is -4.65. The van der Waals surface area contributed by atoms with Crippen molar-refractivity contribution in [3.05, 3.63) is 35.6 Å². The standard InChI is InChI=1S/C12H8F3N5S/c13-12(14,15)11-19-9(16)4-10(20-11)18-6-1-2-7-8(3-6)21-5-17-7/h1-5H,(H3,16,18,19,20). The molecule has 0 amide bonds. The fourth-order valence-electron chi connectivity index (χ4n) is 1.74. The van der Waals surface area contributed by atoms with Crippen molar-refractivity contribution in [2.45, 2.75) is 6.18 Å². The van der Waals surface area contributed by atoms with Crippen LogP contribution in [-0.2, 0) is 6.18 Å². The maximum Gasteiger partial charge on any atom is 0.451 e. The first-order valence-electron chi connectivity index (χ1n) is 5.74. The Morgan fingerprint density at radius 2 is 1.95 bits per heavy atom. The molecule has 0 atom stereocenters. The van der Waals surface area contributed by atoms with E-state index in [9.17, 15) is 13.2 Å². The van der Waals surface area contributed by atoms with Crippen LogP contribution in [-0.4, -0.2) is 15.0 Å². The van der Waals surface area contributed by atoms with Gasteiger partial charge in [-0.05, 0) is 18.2 Å². The Labute approximate surface area is 120 Å². The number of nitrogens with zero attached hydrogens (tertiary/aromatic N) is 3. The van der Waals surface area contributed by atoms with Crippen LogP contribution in [0.15, 0.2) is 29.8 Å². The summed E-state index contributed by atoms with van der Waals surface area (Å²) in [6.07, 6.45) is -4.65. The lowest BCUT2D eigenvalue weighted by molar-refractivity contribution is -0.144. The molecule has 0 fully saturated rings. The molecule has 3 aromatic rings. The number of aromatic nitrogens is 3. The van der Waals surface area contributed by atoms with E-state index in [0.717, 1.165) is 10.2 Å². The third-order valence-electron chi connectivity index (χ3n) is 2.60. The van der Waals surface area contributed by atoms with Crippen LogP contribution in [0.2, 0.25) is 0 Å². The second kappa shape index (κ2) is 4.85. The number of thiazole rings is 1. The van der Waals surface area contributed by atoms with Gasteiger partial charge in [0.15, 0.2) is 0 Å². The van der Waals surface area contributed by atoms with Gasteiger partial charge in [0.2, 0.25) is 5.82 Å². The SMILES string of the molecule is Nc1cc(Nc2ccc3ncsc3c2)nc(C(F)(F)F)n1. The molecule has 1 aromatic carbocycles. The van der Waals surface area contributed by atoms with Gasteiger partial charge in [0.25, 0.3) is 0 Å². The highest BCUT2D eigenvalue weighted by Crippen LogP contribution is 2.29. The number of nitrogens with two attached hydrogens (primary N) is 1. The fraction of sp³-hybridized carbons (Fsp3) is 0.0833. The van der Waals surface area contributed by atoms with Crippen molar-refractivity contribution < 1.29 is 13.2 Å². The highest BCUT2D eigenvalue weighted by atomic mass is 32.1. The maximum atomic E-state index is 12.6. The van der Waals surface area contributed by atoms with Gasteiger partial charge in [0.05, 0.1) is 15.7 Å². The van der Waals surface area contributed by atoms with E-state index in [-0.39, 0.29) is 11.6 Å². The Morgan fingerprint density at radius 1 is 1.14 bits per heavy atom. The average Bonchev–Trinajstić information content (AvgIpc) is 2.84. The van der Waals surface area contributed by atoms with Crippen LogP contribution in [0, 0.1) is 0 Å². The molecule has 0 unspecified atom stereocenters. The van der Waals surface area contributed by atoms with Crippen LogP contribution in [0.3, 0.4) is 0 Å². The van der Waals surface area contributed by atoms with Crippen LogP contribution < -0.4 is 11.1 Å². The van der Waals surface area contributed by atoms with Crippen LogP contribution in [0.4, 0.5) is 30.5 Å². The van der Waals surface area contributed by atoms with E-state index in [1.54, 1.807) is 23.7 Å². The molecule has 3 rings (SSSR count). The molecule has 0 aliphatic rings. The van der Waals surface area contributed by atoms with Crippen molar-refractivity contribution in [2.75, 3.05) is 11.1 Å². The Morgan fingerprint density at radius 3 is 2.71 bits per heavy atom. The van der Waals surface area contributed by atoms with E-state index in [1.165, 1.54) is 17.4 Å². The topological polar surface area (TPSA) is 76.7 Å². The Balaban J connectivity index is 1.95. The molecule has 0 bridgehead atoms. The number of hydrogen-bond donors (Lipinski definition) is 2. The summed E-state index contributed by atoms with van der Waals surface area (Å²) < 4.78 is 38.8. The number of benzene rings is 1. The van der Waals surface area contributed by atoms with Gasteiger partial charge in [-0.3, -0.25) is 0 Å². The zero-order valence-corrected chi connectivity index (χ0v) is 11.2. The zero-order valence-electron chi connectivity index (χ0n) is 10.3. The summed E-state index contributed by atoms with van der Waals surface area (Å²) in [5.74, 6) is -1.54. The number of alkyl halides is 3. The predicted molar refractivity (Wildman–Crippen MR) is 74.3 cm³/mol. The molecule has 2 aromatic heterocycles. The molecular weight excluding hydrogens is 303 g/mol. The third-order valence-corrected chi connectivity index (χ3v) is 3.39. The van der Waals surface area contributed by atoms with E-state index in [2.05, 4.69) is 20.3 Å². The molecule has 2 heterocycles. The Hall–Kier alpha value is -2.42. The van der Waals surface area contributed by atoms with Gasteiger partial charge in [-0.2, -0.15) is 13.2 Å². The molecule has 9 heteroatoms. The summed E-state index contributed by atoms with van der Waals surface area (Å²) in [5.41, 5.74) is 8.50. The highest BCUT2D eigenvalue weighted by molar-refractivity contribution is 7.16. The van der Waals surface area contributed by atoms with Crippen molar-refractivity contribution in [1.82, 2.24) is 15.0 Å². The molecule has 0 spiro atoms. The van der Waals surface area contributed by atoms with Gasteiger partial charge < -0.3 is 11.1 Å². The molecule has 5 nitrogen and oxygen atoms in total. The molecule has 21 heavy (non-hydrogen) atoms. The summed E-state index contributed by atoms with van der Waals surface area (Å²) in [5, 5.41) is 2.79. The summed E-state index contributed by atoms with van der Waals surface area (Å²) >= 11 is 1.43. The van der Waals surface area contributed by atoms with Crippen molar-refractivity contribution in [3.63, 3.8) is 0 Å². The van der Waals surface area contributed by atoms with Crippen LogP contribution in [0.25, 0.3) is 10.2 Å². The Kier molecular flexibility index (Phi) is 3.13. The first kappa shape index (κ1) is 13.6. The van der Waals surface area contributed by atoms with Crippen LogP contribution in [0.1, 0.15) is 5.82 Å². The number of hydrogen-bond acceptors (Lipinski definition) is 6. The summed E-state index contributed by atoms with van der Waals surface area (Å²) in [7, 11) is 0. The lowest BCUT2D eigenvalue weighted by Crippen LogP contribution is -2.13. The summed E-state index contributed by atoms with van der Waals surface area (Å²) in [6, 6.07) is 6.49. The quantitative estimate of drug-likeness (QED) is 0.758. The molecule has 0 aliphatic heterocycles. The molecule has 108 valence electrons. The maximum absolute atomic E-state index is 12.6. The van der Waals surface area contributed by atoms with E-state index in [4.69, 9.17) is 5.73 Å². The zero-order chi connectivity index (χ0) is 15.0. The van der Waals surface area contributed by atoms with Gasteiger partial charge >= 0.3 is 6.18 Å². The monoisotopic (exact) mass is 311 g/mol. The molecular formula is C12H8F3N5S. The molecule has 0 aliphatic carbocycles. The highest BCUT2D eigenvalue weighted by Gasteiger charge is 2.35. The number of rotatable bonds is 2. The number of nitrogens with one attached hydrogen (secondary N) is 1. The molecule has 0 radical (unpaired) electrons. The first-order valence-corrected chi connectivity index (χ1v) is 6.62. The van der Waals surface area contributed by atoms with Crippen molar-refractivity contribution >= 4 is 38.9 Å². The number of halogens is 3. The van der Waals surface area contributed by atoms with Crippen molar-refractivity contribution in [3.8, 4) is 0 Å². The minimum Gasteiger partial charge on any atom is -0.384 e. The minimum absolute atomic E-state index is 0.0151. The van der Waals surface area contributed by atoms with Crippen molar-refractivity contribution in [1.29, 1.82) is 0 Å². The number of fused-ring (bicyclic) bond motifs is 1. The van der Waals surface area contributed by atoms with Gasteiger partial charge in [-0.15, -0.1) is 11.3 Å². The second-order valence-electron chi connectivity index (χ2n) is 4.16. The lowest BCUT2D eigenvalue weighted by Gasteiger charge is -2.10. The normalized spacial score (nSPS) is 11.8. The van der Waals surface area contributed by atoms with Crippen LogP contribution in [0.5, 0.6) is 0 Å². The fourth-order valence-corrected chi connectivity index (χ4v) is 2.45. The molecule has 0 saturated carbocycles. The number of anilines is 3. The van der Waals surface area contributed by atoms with Gasteiger partial charge in [-0.1, -0.05) is 0 Å². The summed E-state index contributed by atoms with van der Waals surface area (Å²) in [6.45, 7) is 0. The van der Waals surface area contributed by atoms with E-state index in [0.29, 0.717) is 5.69 Å². The largest absolute Gasteiger partial charge is 0.451 e. The number of nitrogen functional groups attached to an aromatic ring is 1. The predicted octanol–water partition coefficient (Wildman–Crippen LogP) is 3.43. The Bertz CT molecular complexity index is 799. The van der Waals surface area contributed by atoms with Crippen molar-refractivity contribution in [2.24, 2.45) is 0 Å². The molecule has 3 N–H and O–H groups in total. The van der Waals surface area contributed by atoms with Gasteiger partial charge in [-0.25, -0.2) is 15.0 Å². The second-order valence-corrected chi connectivity index (χ2v) is 5.05. The molecule has 0 saturated heterocycles. The summed E-state index contributed by atoms with van der Waals surface area (Å²) in [4.78, 5) is 10.7. The van der Waals surface area contributed by atoms with E-state index >= 15 is 0 Å². The van der Waals surface area contributed by atoms with E-state index in [1.807, 2.05) is 0 Å². The third kappa shape index (κ3) is 2.87. The van der Waals surface area contributed by atoms with E-state index < -0.39 is 12.0 Å². The smallest absolute Gasteiger partial charge is 0.384 e. The van der Waals surface area contributed by atoms with Crippen LogP contribution >= 0.6 is 11.3 Å².